The number of rotatable bonds is 4. The van der Waals surface area contributed by atoms with Crippen molar-refractivity contribution in [3.05, 3.63) is 33.8 Å². The zero-order chi connectivity index (χ0) is 15.6. The van der Waals surface area contributed by atoms with Gasteiger partial charge in [0, 0.05) is 15.1 Å². The van der Waals surface area contributed by atoms with Crippen LogP contribution in [0.1, 0.15) is 22.8 Å². The minimum absolute atomic E-state index is 0.269. The SMILES string of the molecule is CC(CBr)(CBr)NC(=O)c1ccc(Br)cc1C(F)(F)F. The van der Waals surface area contributed by atoms with E-state index in [-0.39, 0.29) is 4.47 Å². The van der Waals surface area contributed by atoms with Gasteiger partial charge < -0.3 is 5.32 Å². The number of hydrogen-bond donors (Lipinski definition) is 1. The van der Waals surface area contributed by atoms with Crippen molar-refractivity contribution >= 4 is 53.7 Å². The average Bonchev–Trinajstić information content (AvgIpc) is 2.37. The molecule has 0 fully saturated rings. The summed E-state index contributed by atoms with van der Waals surface area (Å²) < 4.78 is 39.2. The Balaban J connectivity index is 3.17. The first-order chi connectivity index (χ1) is 9.13. The second-order valence-corrected chi connectivity index (χ2v) is 6.51. The maximum Gasteiger partial charge on any atom is 0.417 e. The van der Waals surface area contributed by atoms with E-state index in [0.717, 1.165) is 12.1 Å². The summed E-state index contributed by atoms with van der Waals surface area (Å²) in [4.78, 5) is 12.1. The molecule has 0 bridgehead atoms. The molecule has 0 spiro atoms. The molecule has 0 aliphatic carbocycles. The summed E-state index contributed by atoms with van der Waals surface area (Å²) in [5.41, 5.74) is -2.03. The van der Waals surface area contributed by atoms with Gasteiger partial charge in [0.2, 0.25) is 0 Å². The molecule has 1 amide bonds. The number of benzene rings is 1. The van der Waals surface area contributed by atoms with Gasteiger partial charge in [-0.2, -0.15) is 13.2 Å². The first-order valence-electron chi connectivity index (χ1n) is 5.44. The number of hydrogen-bond acceptors (Lipinski definition) is 1. The minimum atomic E-state index is -4.59. The van der Waals surface area contributed by atoms with Gasteiger partial charge in [0.1, 0.15) is 0 Å². The van der Waals surface area contributed by atoms with Crippen LogP contribution in [0.15, 0.2) is 22.7 Å². The number of amides is 1. The number of carbonyl (C=O) groups is 1. The van der Waals surface area contributed by atoms with Gasteiger partial charge in [-0.05, 0) is 25.1 Å². The van der Waals surface area contributed by atoms with E-state index in [9.17, 15) is 18.0 Å². The molecule has 1 aromatic carbocycles. The van der Waals surface area contributed by atoms with Crippen molar-refractivity contribution < 1.29 is 18.0 Å². The third-order valence-electron chi connectivity index (χ3n) is 2.54. The van der Waals surface area contributed by atoms with E-state index in [4.69, 9.17) is 0 Å². The summed E-state index contributed by atoms with van der Waals surface area (Å²) >= 11 is 9.44. The molecule has 20 heavy (non-hydrogen) atoms. The molecule has 0 saturated heterocycles. The van der Waals surface area contributed by atoms with Crippen molar-refractivity contribution in [1.82, 2.24) is 5.32 Å². The fourth-order valence-electron chi connectivity index (χ4n) is 1.39. The van der Waals surface area contributed by atoms with Gasteiger partial charge in [0.15, 0.2) is 0 Å². The fourth-order valence-corrected chi connectivity index (χ4v) is 2.96. The highest BCUT2D eigenvalue weighted by atomic mass is 79.9. The topological polar surface area (TPSA) is 29.1 Å². The standard InChI is InChI=1S/C12H11Br3F3NO/c1-11(5-13,6-14)19-10(20)8-3-2-7(15)4-9(8)12(16,17)18/h2-4H,5-6H2,1H3,(H,19,20). The van der Waals surface area contributed by atoms with Crippen molar-refractivity contribution in [2.45, 2.75) is 18.6 Å². The van der Waals surface area contributed by atoms with E-state index < -0.39 is 28.7 Å². The minimum Gasteiger partial charge on any atom is -0.345 e. The molecule has 0 atom stereocenters. The molecule has 112 valence electrons. The van der Waals surface area contributed by atoms with Gasteiger partial charge in [-0.25, -0.2) is 0 Å². The molecule has 0 unspecified atom stereocenters. The Morgan fingerprint density at radius 1 is 1.25 bits per heavy atom. The van der Waals surface area contributed by atoms with E-state index in [2.05, 4.69) is 53.1 Å². The highest BCUT2D eigenvalue weighted by Crippen LogP contribution is 2.34. The van der Waals surface area contributed by atoms with Crippen LogP contribution in [0.3, 0.4) is 0 Å². The second-order valence-electron chi connectivity index (χ2n) is 4.47. The van der Waals surface area contributed by atoms with Crippen LogP contribution in [-0.4, -0.2) is 22.1 Å². The van der Waals surface area contributed by atoms with Gasteiger partial charge in [-0.3, -0.25) is 4.79 Å². The molecule has 0 heterocycles. The predicted molar refractivity (Wildman–Crippen MR) is 82.6 cm³/mol. The number of halogens is 6. The molecule has 8 heteroatoms. The Morgan fingerprint density at radius 3 is 2.25 bits per heavy atom. The first kappa shape index (κ1) is 18.0. The lowest BCUT2D eigenvalue weighted by atomic mass is 10.0. The molecular formula is C12H11Br3F3NO. The van der Waals surface area contributed by atoms with Crippen LogP contribution in [0.2, 0.25) is 0 Å². The number of nitrogens with one attached hydrogen (secondary N) is 1. The second kappa shape index (κ2) is 6.79. The van der Waals surface area contributed by atoms with Gasteiger partial charge in [-0.15, -0.1) is 0 Å². The van der Waals surface area contributed by atoms with Crippen LogP contribution in [-0.2, 0) is 6.18 Å². The normalized spacial score (nSPS) is 12.3. The van der Waals surface area contributed by atoms with Crippen LogP contribution < -0.4 is 5.32 Å². The van der Waals surface area contributed by atoms with Crippen molar-refractivity contribution in [2.24, 2.45) is 0 Å². The molecule has 0 radical (unpaired) electrons. The van der Waals surface area contributed by atoms with Crippen LogP contribution >= 0.6 is 47.8 Å². The summed E-state index contributed by atoms with van der Waals surface area (Å²) in [6.07, 6.45) is -4.59. The number of carbonyl (C=O) groups excluding carboxylic acids is 1. The van der Waals surface area contributed by atoms with Gasteiger partial charge in [0.05, 0.1) is 16.7 Å². The third kappa shape index (κ3) is 4.46. The maximum absolute atomic E-state index is 13.0. The highest BCUT2D eigenvalue weighted by Gasteiger charge is 2.36. The molecule has 0 saturated carbocycles. The first-order valence-corrected chi connectivity index (χ1v) is 8.48. The molecule has 1 aromatic rings. The molecule has 0 aliphatic heterocycles. The average molecular weight is 482 g/mol. The fraction of sp³-hybridized carbons (Fsp3) is 0.417. The Morgan fingerprint density at radius 2 is 1.80 bits per heavy atom. The van der Waals surface area contributed by atoms with Crippen molar-refractivity contribution in [1.29, 1.82) is 0 Å². The zero-order valence-electron chi connectivity index (χ0n) is 10.3. The lowest BCUT2D eigenvalue weighted by Crippen LogP contribution is -2.49. The summed E-state index contributed by atoms with van der Waals surface area (Å²) in [6, 6.07) is 3.46. The summed E-state index contributed by atoms with van der Waals surface area (Å²) in [5.74, 6) is -0.758. The molecule has 0 aliphatic rings. The summed E-state index contributed by atoms with van der Waals surface area (Å²) in [5, 5.41) is 3.42. The Bertz CT molecular complexity index is 501. The zero-order valence-corrected chi connectivity index (χ0v) is 15.1. The molecule has 0 aromatic heterocycles. The van der Waals surface area contributed by atoms with Crippen LogP contribution in [0.4, 0.5) is 13.2 Å². The van der Waals surface area contributed by atoms with Gasteiger partial charge in [0.25, 0.3) is 5.91 Å². The lowest BCUT2D eigenvalue weighted by molar-refractivity contribution is -0.138. The van der Waals surface area contributed by atoms with E-state index in [1.165, 1.54) is 6.07 Å². The third-order valence-corrected chi connectivity index (χ3v) is 5.51. The van der Waals surface area contributed by atoms with E-state index in [1.807, 2.05) is 0 Å². The van der Waals surface area contributed by atoms with E-state index >= 15 is 0 Å². The maximum atomic E-state index is 13.0. The lowest BCUT2D eigenvalue weighted by Gasteiger charge is -2.27. The molecular weight excluding hydrogens is 471 g/mol. The predicted octanol–water partition coefficient (Wildman–Crippen LogP) is 4.75. The monoisotopic (exact) mass is 479 g/mol. The van der Waals surface area contributed by atoms with Crippen molar-refractivity contribution in [2.75, 3.05) is 10.7 Å². The summed E-state index contributed by atoms with van der Waals surface area (Å²) in [7, 11) is 0. The summed E-state index contributed by atoms with van der Waals surface area (Å²) in [6.45, 7) is 1.72. The smallest absolute Gasteiger partial charge is 0.345 e. The van der Waals surface area contributed by atoms with Crippen LogP contribution in [0, 0.1) is 0 Å². The largest absolute Gasteiger partial charge is 0.417 e. The molecule has 2 nitrogen and oxygen atoms in total. The Hall–Kier alpha value is -0.0800. The van der Waals surface area contributed by atoms with Crippen molar-refractivity contribution in [3.63, 3.8) is 0 Å². The van der Waals surface area contributed by atoms with Gasteiger partial charge >= 0.3 is 6.18 Å². The van der Waals surface area contributed by atoms with Crippen LogP contribution in [0.25, 0.3) is 0 Å². The highest BCUT2D eigenvalue weighted by molar-refractivity contribution is 9.10. The van der Waals surface area contributed by atoms with Crippen LogP contribution in [0.5, 0.6) is 0 Å². The quantitative estimate of drug-likeness (QED) is 0.618. The van der Waals surface area contributed by atoms with E-state index in [0.29, 0.717) is 10.7 Å². The number of alkyl halides is 5. The van der Waals surface area contributed by atoms with Crippen molar-refractivity contribution in [3.8, 4) is 0 Å². The molecule has 1 N–H and O–H groups in total. The Labute approximate surface area is 139 Å². The Kier molecular flexibility index (Phi) is 6.10. The van der Waals surface area contributed by atoms with Gasteiger partial charge in [-0.1, -0.05) is 47.8 Å². The van der Waals surface area contributed by atoms with E-state index in [1.54, 1.807) is 6.92 Å². The molecule has 1 rings (SSSR count).